The van der Waals surface area contributed by atoms with Crippen molar-refractivity contribution in [3.8, 4) is 5.88 Å². The van der Waals surface area contributed by atoms with Gasteiger partial charge in [-0.3, -0.25) is 44.3 Å². The van der Waals surface area contributed by atoms with Crippen LogP contribution in [0.15, 0.2) is 165 Å². The molecule has 0 amide bonds. The van der Waals surface area contributed by atoms with Gasteiger partial charge in [0.1, 0.15) is 23.2 Å². The lowest BCUT2D eigenvalue weighted by molar-refractivity contribution is -0.0509. The second-order valence-corrected chi connectivity index (χ2v) is 24.6. The summed E-state index contributed by atoms with van der Waals surface area (Å²) < 4.78 is 145. The minimum absolute atomic E-state index is 0.0511. The number of hydrogen-bond acceptors (Lipinski definition) is 18. The Hall–Kier alpha value is -10.4. The number of alkyl halides is 3. The Labute approximate surface area is 573 Å². The maximum absolute atomic E-state index is 13.6. The molecule has 0 saturated carbocycles. The highest BCUT2D eigenvalue weighted by Gasteiger charge is 2.52. The Morgan fingerprint density at radius 2 is 0.840 bits per heavy atom. The number of aromatic nitrogens is 9. The maximum Gasteiger partial charge on any atom is 0.534 e. The lowest BCUT2D eigenvalue weighted by Gasteiger charge is -2.32. The van der Waals surface area contributed by atoms with Crippen molar-refractivity contribution < 1.29 is 76.2 Å². The van der Waals surface area contributed by atoms with Crippen molar-refractivity contribution in [3.63, 3.8) is 0 Å². The summed E-state index contributed by atoms with van der Waals surface area (Å²) in [6, 6.07) is 19.5. The summed E-state index contributed by atoms with van der Waals surface area (Å²) in [5.74, 6) is -3.54. The van der Waals surface area contributed by atoms with E-state index in [0.717, 1.165) is 81.9 Å². The number of Topliss-reactive ketones (excluding diaryl/α,β-unsaturated/α-hetero) is 3. The van der Waals surface area contributed by atoms with Crippen LogP contribution in [0.25, 0.3) is 16.9 Å². The predicted molar refractivity (Wildman–Crippen MR) is 358 cm³/mol. The zero-order chi connectivity index (χ0) is 73.3. The van der Waals surface area contributed by atoms with Gasteiger partial charge in [0.15, 0.2) is 17.3 Å². The van der Waals surface area contributed by atoms with E-state index in [1.807, 2.05) is 91.0 Å². The zero-order valence-electron chi connectivity index (χ0n) is 56.1. The van der Waals surface area contributed by atoms with Crippen LogP contribution in [0.5, 0.6) is 5.88 Å². The van der Waals surface area contributed by atoms with Crippen molar-refractivity contribution in [2.24, 2.45) is 0 Å². The monoisotopic (exact) mass is 1400 g/mol. The molecule has 0 unspecified atom stereocenters. The van der Waals surface area contributed by atoms with Crippen LogP contribution in [0.4, 0.5) is 35.1 Å². The molecular formula is C72H68BF8N9O9S. The molecule has 1 fully saturated rings. The van der Waals surface area contributed by atoms with E-state index in [-0.39, 0.29) is 64.4 Å². The standard InChI is InChI=1S/C23H22FN3O2.C21H17F2N3O.C19H22BFN2O3.C9H7F4NO3S/c1-4-19(17-7-9-23(27-12-17)29-5-2)16-6-8-18(26-11-16)10-22(28)20-13-25-14-21(24)15(20)3;1-3-17(15-5-7-21(23)26-10-15)14-4-6-16(25-9-14)8-20(27)18-11-24-12-19(22)13(18)2;1-12-15(10-22-11-16(12)21)17(24)8-14-7-6-13(9-23-14)20-25-18(2,3)19(4,5)26-20;1-2-7(6-3-4-8(10)14-5-6)17-18(15,16)9(11,12)13/h4,6-9,11-14H,5,10H2,1-3H3;3-7,9-12H,8H2,1-2H3;6-7,9-11H,8H2,1-5H3;2-5H,1H3/b19-4+;17-3+;;7-2-. The van der Waals surface area contributed by atoms with Gasteiger partial charge in [-0.05, 0) is 159 Å². The topological polar surface area (TPSA) is 238 Å². The van der Waals surface area contributed by atoms with Gasteiger partial charge in [0.2, 0.25) is 17.8 Å². The number of carbonyl (C=O) groups is 3. The van der Waals surface area contributed by atoms with Crippen molar-refractivity contribution in [2.75, 3.05) is 6.61 Å². The number of pyridine rings is 9. The molecule has 1 saturated heterocycles. The number of ketones is 3. The fraction of sp³-hybridized carbons (Fsp3) is 0.250. The summed E-state index contributed by atoms with van der Waals surface area (Å²) in [4.78, 5) is 72.8. The summed E-state index contributed by atoms with van der Waals surface area (Å²) in [6.07, 6.45) is 21.6. The maximum atomic E-state index is 13.6. The number of carbonyl (C=O) groups excluding carboxylic acids is 3. The predicted octanol–water partition coefficient (Wildman–Crippen LogP) is 14.0. The molecule has 0 atom stereocenters. The van der Waals surface area contributed by atoms with E-state index in [4.69, 9.17) is 14.0 Å². The quantitative estimate of drug-likeness (QED) is 0.0139. The minimum atomic E-state index is -5.76. The highest BCUT2D eigenvalue weighted by Crippen LogP contribution is 2.37. The largest absolute Gasteiger partial charge is 0.534 e. The highest BCUT2D eigenvalue weighted by atomic mass is 32.2. The van der Waals surface area contributed by atoms with Gasteiger partial charge in [0.25, 0.3) is 0 Å². The number of rotatable bonds is 19. The molecule has 10 heterocycles. The molecule has 1 aliphatic rings. The third kappa shape index (κ3) is 19.9. The third-order valence-electron chi connectivity index (χ3n) is 15.7. The van der Waals surface area contributed by atoms with Gasteiger partial charge in [-0.1, -0.05) is 30.4 Å². The zero-order valence-corrected chi connectivity index (χ0v) is 56.9. The van der Waals surface area contributed by atoms with Gasteiger partial charge in [0, 0.05) is 129 Å². The SMILES string of the molecule is C/C=C(/c1ccc(F)nc1)c1ccc(CC(=O)c2cncc(F)c2C)nc1.C/C=C(\OS(=O)(=O)C(F)(F)F)c1ccc(F)nc1.C/C=C(\c1ccc(CC(=O)c2cncc(F)c2C)nc1)c1ccc(OCC)nc1.Cc1c(F)cncc1C(=O)Cc1ccc(B2OC(C)(C)C(C)(C)O2)cn1. The van der Waals surface area contributed by atoms with E-state index in [0.29, 0.717) is 40.7 Å². The van der Waals surface area contributed by atoms with E-state index in [1.165, 1.54) is 37.8 Å². The molecule has 0 aromatic carbocycles. The first kappa shape index (κ1) is 76.9. The minimum Gasteiger partial charge on any atom is -0.478 e. The van der Waals surface area contributed by atoms with Crippen LogP contribution < -0.4 is 10.2 Å². The molecule has 18 nitrogen and oxygen atoms in total. The van der Waals surface area contributed by atoms with E-state index in [1.54, 1.807) is 69.8 Å². The lowest BCUT2D eigenvalue weighted by Crippen LogP contribution is -2.41. The molecule has 0 spiro atoms. The van der Waals surface area contributed by atoms with E-state index in [2.05, 4.69) is 49.0 Å². The van der Waals surface area contributed by atoms with Crippen molar-refractivity contribution >= 4 is 57.0 Å². The average Bonchev–Trinajstić information content (AvgIpc) is 1.62. The van der Waals surface area contributed by atoms with Crippen LogP contribution in [-0.2, 0) is 42.9 Å². The van der Waals surface area contributed by atoms with E-state index >= 15 is 0 Å². The summed E-state index contributed by atoms with van der Waals surface area (Å²) in [7, 11) is -6.25. The normalized spacial score (nSPS) is 13.6. The van der Waals surface area contributed by atoms with Crippen molar-refractivity contribution in [1.29, 1.82) is 0 Å². The molecule has 0 aliphatic carbocycles. The summed E-state index contributed by atoms with van der Waals surface area (Å²) in [5, 5.41) is 0. The van der Waals surface area contributed by atoms with Crippen LogP contribution in [0.2, 0.25) is 0 Å². The van der Waals surface area contributed by atoms with Crippen molar-refractivity contribution in [2.45, 2.75) is 112 Å². The number of nitrogens with zero attached hydrogens (tertiary/aromatic N) is 9. The molecule has 0 bridgehead atoms. The van der Waals surface area contributed by atoms with Gasteiger partial charge in [0.05, 0.1) is 55.7 Å². The summed E-state index contributed by atoms with van der Waals surface area (Å²) >= 11 is 0. The number of ether oxygens (including phenoxy) is 1. The summed E-state index contributed by atoms with van der Waals surface area (Å²) in [6.45, 7) is 20.2. The molecular weight excluding hydrogens is 1330 g/mol. The van der Waals surface area contributed by atoms with Crippen molar-refractivity contribution in [3.05, 3.63) is 273 Å². The van der Waals surface area contributed by atoms with Crippen LogP contribution in [-0.4, -0.2) is 101 Å². The van der Waals surface area contributed by atoms with Gasteiger partial charge < -0.3 is 18.2 Å². The van der Waals surface area contributed by atoms with Gasteiger partial charge in [-0.15, -0.1) is 0 Å². The third-order valence-corrected chi connectivity index (χ3v) is 16.7. The molecule has 0 radical (unpaired) electrons. The Morgan fingerprint density at radius 3 is 1.15 bits per heavy atom. The molecule has 28 heteroatoms. The van der Waals surface area contributed by atoms with Crippen LogP contribution in [0.1, 0.15) is 148 Å². The average molecular weight is 1400 g/mol. The van der Waals surface area contributed by atoms with Crippen LogP contribution >= 0.6 is 0 Å². The molecule has 0 N–H and O–H groups in total. The molecule has 100 heavy (non-hydrogen) atoms. The Bertz CT molecular complexity index is 4550. The molecule has 10 rings (SSSR count). The first-order valence-electron chi connectivity index (χ1n) is 30.7. The lowest BCUT2D eigenvalue weighted by atomic mass is 9.80. The fourth-order valence-corrected chi connectivity index (χ4v) is 9.94. The first-order valence-corrected chi connectivity index (χ1v) is 32.1. The fourth-order valence-electron chi connectivity index (χ4n) is 9.41. The second kappa shape index (κ2) is 33.9. The van der Waals surface area contributed by atoms with Gasteiger partial charge in [-0.2, -0.15) is 30.4 Å². The number of halogens is 8. The summed E-state index contributed by atoms with van der Waals surface area (Å²) in [5.41, 5.74) is 3.12. The Morgan fingerprint density at radius 1 is 0.480 bits per heavy atom. The Balaban J connectivity index is 0.000000190. The van der Waals surface area contributed by atoms with E-state index < -0.39 is 69.1 Å². The smallest absolute Gasteiger partial charge is 0.478 e. The van der Waals surface area contributed by atoms with Gasteiger partial charge >= 0.3 is 22.7 Å². The first-order chi connectivity index (χ1) is 47.3. The van der Waals surface area contributed by atoms with Gasteiger partial charge in [-0.25, -0.2) is 28.1 Å². The second-order valence-electron chi connectivity index (χ2n) is 23.0. The highest BCUT2D eigenvalue weighted by molar-refractivity contribution is 7.87. The number of allylic oxidation sites excluding steroid dienone is 3. The Kier molecular flexibility index (Phi) is 26.1. The van der Waals surface area contributed by atoms with Crippen molar-refractivity contribution in [1.82, 2.24) is 44.9 Å². The van der Waals surface area contributed by atoms with Crippen LogP contribution in [0, 0.1) is 50.1 Å². The number of hydrogen-bond donors (Lipinski definition) is 0. The molecule has 1 aliphatic heterocycles. The van der Waals surface area contributed by atoms with Crippen LogP contribution in [0.3, 0.4) is 0 Å². The van der Waals surface area contributed by atoms with E-state index in [9.17, 15) is 57.9 Å². The molecule has 9 aromatic rings. The molecule has 9 aromatic heterocycles. The molecule has 520 valence electrons.